The Balaban J connectivity index is 2.51. The first-order valence-corrected chi connectivity index (χ1v) is 9.50. The van der Waals surface area contributed by atoms with E-state index in [1.54, 1.807) is 0 Å². The summed E-state index contributed by atoms with van der Waals surface area (Å²) in [6, 6.07) is 0. The van der Waals surface area contributed by atoms with E-state index in [4.69, 9.17) is 0 Å². The molecule has 0 aromatic rings. The van der Waals surface area contributed by atoms with Crippen LogP contribution in [0, 0.1) is 5.41 Å². The quantitative estimate of drug-likeness (QED) is 0.736. The summed E-state index contributed by atoms with van der Waals surface area (Å²) in [5, 5.41) is 3.49. The summed E-state index contributed by atoms with van der Waals surface area (Å²) in [6.07, 6.45) is 7.82. The van der Waals surface area contributed by atoms with Gasteiger partial charge in [0.25, 0.3) is 0 Å². The molecule has 1 aliphatic carbocycles. The molecule has 1 saturated carbocycles. The average Bonchev–Trinajstić information content (AvgIpc) is 2.34. The van der Waals surface area contributed by atoms with Crippen LogP contribution in [-0.4, -0.2) is 58.6 Å². The summed E-state index contributed by atoms with van der Waals surface area (Å²) in [6.45, 7) is 5.87. The summed E-state index contributed by atoms with van der Waals surface area (Å²) in [5.74, 6) is 0.265. The topological polar surface area (TPSA) is 49.4 Å². The van der Waals surface area contributed by atoms with E-state index in [1.165, 1.54) is 38.4 Å². The molecule has 0 heterocycles. The highest BCUT2D eigenvalue weighted by Gasteiger charge is 2.32. The first-order valence-electron chi connectivity index (χ1n) is 7.44. The van der Waals surface area contributed by atoms with Crippen molar-refractivity contribution in [3.63, 3.8) is 0 Å². The highest BCUT2D eigenvalue weighted by atomic mass is 32.2. The summed E-state index contributed by atoms with van der Waals surface area (Å²) < 4.78 is 22.5. The Labute approximate surface area is 118 Å². The molecule has 0 saturated heterocycles. The summed E-state index contributed by atoms with van der Waals surface area (Å²) in [4.78, 5) is 2.20. The molecule has 4 nitrogen and oxygen atoms in total. The predicted octanol–water partition coefficient (Wildman–Crippen LogP) is 1.52. The molecule has 1 rings (SSSR count). The minimum atomic E-state index is -2.85. The Morgan fingerprint density at radius 3 is 2.37 bits per heavy atom. The Bertz CT molecular complexity index is 348. The molecule has 5 heteroatoms. The number of hydrogen-bond donors (Lipinski definition) is 1. The van der Waals surface area contributed by atoms with Gasteiger partial charge in [-0.3, -0.25) is 0 Å². The second kappa shape index (κ2) is 7.60. The van der Waals surface area contributed by atoms with Crippen molar-refractivity contribution in [3.05, 3.63) is 0 Å². The monoisotopic (exact) mass is 290 g/mol. The van der Waals surface area contributed by atoms with Crippen molar-refractivity contribution in [2.24, 2.45) is 5.41 Å². The predicted molar refractivity (Wildman–Crippen MR) is 81.3 cm³/mol. The second-order valence-corrected chi connectivity index (χ2v) is 8.47. The SMILES string of the molecule is CCNCC1(CN(C)CCS(C)(=O)=O)CCCCC1. The highest BCUT2D eigenvalue weighted by molar-refractivity contribution is 7.90. The van der Waals surface area contributed by atoms with Gasteiger partial charge < -0.3 is 10.2 Å². The lowest BCUT2D eigenvalue weighted by Gasteiger charge is -2.40. The van der Waals surface area contributed by atoms with Gasteiger partial charge in [0.05, 0.1) is 5.75 Å². The molecule has 1 fully saturated rings. The lowest BCUT2D eigenvalue weighted by Crippen LogP contribution is -2.45. The lowest BCUT2D eigenvalue weighted by atomic mass is 9.73. The van der Waals surface area contributed by atoms with Gasteiger partial charge in [-0.2, -0.15) is 0 Å². The molecule has 0 amide bonds. The van der Waals surface area contributed by atoms with Crippen molar-refractivity contribution >= 4 is 9.84 Å². The summed E-state index contributed by atoms with van der Waals surface area (Å²) in [5.41, 5.74) is 0.348. The molecule has 0 spiro atoms. The van der Waals surface area contributed by atoms with E-state index in [9.17, 15) is 8.42 Å². The zero-order valence-corrected chi connectivity index (χ0v) is 13.6. The first kappa shape index (κ1) is 16.9. The van der Waals surface area contributed by atoms with E-state index in [2.05, 4.69) is 17.1 Å². The van der Waals surface area contributed by atoms with Crippen molar-refractivity contribution in [2.45, 2.75) is 39.0 Å². The van der Waals surface area contributed by atoms with Gasteiger partial charge in [-0.25, -0.2) is 8.42 Å². The van der Waals surface area contributed by atoms with E-state index in [-0.39, 0.29) is 5.75 Å². The number of rotatable bonds is 8. The molecule has 0 bridgehead atoms. The van der Waals surface area contributed by atoms with Crippen molar-refractivity contribution < 1.29 is 8.42 Å². The first-order chi connectivity index (χ1) is 8.87. The van der Waals surface area contributed by atoms with Crippen LogP contribution in [0.25, 0.3) is 0 Å². The van der Waals surface area contributed by atoms with Gasteiger partial charge in [-0.05, 0) is 31.8 Å². The van der Waals surface area contributed by atoms with Gasteiger partial charge in [0, 0.05) is 25.9 Å². The molecular formula is C14H30N2O2S. The fourth-order valence-corrected chi connectivity index (χ4v) is 3.70. The molecule has 1 aliphatic rings. The van der Waals surface area contributed by atoms with Crippen LogP contribution in [0.5, 0.6) is 0 Å². The maximum atomic E-state index is 11.2. The minimum absolute atomic E-state index is 0.265. The molecule has 114 valence electrons. The standard InChI is InChI=1S/C14H30N2O2S/c1-4-15-12-14(8-6-5-7-9-14)13-16(2)10-11-19(3,17)18/h15H,4-13H2,1-3H3. The Morgan fingerprint density at radius 1 is 1.21 bits per heavy atom. The van der Waals surface area contributed by atoms with Crippen molar-refractivity contribution in [3.8, 4) is 0 Å². The molecule has 0 aromatic carbocycles. The van der Waals surface area contributed by atoms with Gasteiger partial charge in [-0.15, -0.1) is 0 Å². The molecule has 0 aliphatic heterocycles. The van der Waals surface area contributed by atoms with Crippen LogP contribution >= 0.6 is 0 Å². The number of sulfone groups is 1. The molecule has 0 unspecified atom stereocenters. The van der Waals surface area contributed by atoms with Crippen LogP contribution in [0.15, 0.2) is 0 Å². The molecule has 1 N–H and O–H groups in total. The van der Waals surface area contributed by atoms with Crippen LogP contribution in [0.3, 0.4) is 0 Å². The zero-order chi connectivity index (χ0) is 14.4. The van der Waals surface area contributed by atoms with E-state index < -0.39 is 9.84 Å². The number of nitrogens with one attached hydrogen (secondary N) is 1. The third-order valence-corrected chi connectivity index (χ3v) is 5.04. The zero-order valence-electron chi connectivity index (χ0n) is 12.7. The third-order valence-electron chi connectivity index (χ3n) is 4.11. The van der Waals surface area contributed by atoms with Crippen LogP contribution in [0.1, 0.15) is 39.0 Å². The van der Waals surface area contributed by atoms with E-state index >= 15 is 0 Å². The maximum Gasteiger partial charge on any atom is 0.148 e. The van der Waals surface area contributed by atoms with Crippen LogP contribution < -0.4 is 5.32 Å². The third kappa shape index (κ3) is 6.72. The van der Waals surface area contributed by atoms with Crippen molar-refractivity contribution in [1.82, 2.24) is 10.2 Å². The smallest absolute Gasteiger partial charge is 0.148 e. The summed E-state index contributed by atoms with van der Waals surface area (Å²) >= 11 is 0. The summed E-state index contributed by atoms with van der Waals surface area (Å²) in [7, 11) is -0.805. The lowest BCUT2D eigenvalue weighted by molar-refractivity contribution is 0.121. The van der Waals surface area contributed by atoms with Gasteiger partial charge in [-0.1, -0.05) is 26.2 Å². The van der Waals surface area contributed by atoms with E-state index in [1.807, 2.05) is 7.05 Å². The largest absolute Gasteiger partial charge is 0.316 e. The van der Waals surface area contributed by atoms with Crippen LogP contribution in [0.4, 0.5) is 0 Å². The van der Waals surface area contributed by atoms with E-state index in [0.29, 0.717) is 12.0 Å². The van der Waals surface area contributed by atoms with Crippen molar-refractivity contribution in [1.29, 1.82) is 0 Å². The molecule has 0 aromatic heterocycles. The van der Waals surface area contributed by atoms with Gasteiger partial charge in [0.1, 0.15) is 9.84 Å². The molecule has 19 heavy (non-hydrogen) atoms. The molecule has 0 radical (unpaired) electrons. The normalized spacial score (nSPS) is 19.8. The Hall–Kier alpha value is -0.130. The second-order valence-electron chi connectivity index (χ2n) is 6.21. The highest BCUT2D eigenvalue weighted by Crippen LogP contribution is 2.36. The minimum Gasteiger partial charge on any atom is -0.316 e. The fourth-order valence-electron chi connectivity index (χ4n) is 3.06. The van der Waals surface area contributed by atoms with Crippen LogP contribution in [0.2, 0.25) is 0 Å². The number of hydrogen-bond acceptors (Lipinski definition) is 4. The Morgan fingerprint density at radius 2 is 1.84 bits per heavy atom. The Kier molecular flexibility index (Phi) is 6.77. The molecular weight excluding hydrogens is 260 g/mol. The van der Waals surface area contributed by atoms with Crippen molar-refractivity contribution in [2.75, 3.05) is 45.2 Å². The van der Waals surface area contributed by atoms with E-state index in [0.717, 1.165) is 19.6 Å². The van der Waals surface area contributed by atoms with Crippen LogP contribution in [-0.2, 0) is 9.84 Å². The van der Waals surface area contributed by atoms with Gasteiger partial charge in [0.2, 0.25) is 0 Å². The average molecular weight is 290 g/mol. The van der Waals surface area contributed by atoms with Gasteiger partial charge >= 0.3 is 0 Å². The van der Waals surface area contributed by atoms with Gasteiger partial charge in [0.15, 0.2) is 0 Å². The maximum absolute atomic E-state index is 11.2. The fraction of sp³-hybridized carbons (Fsp3) is 1.00. The molecule has 0 atom stereocenters. The number of nitrogens with zero attached hydrogens (tertiary/aromatic N) is 1.